The molecule has 5 aromatic carbocycles. The molecule has 1 aliphatic rings. The summed E-state index contributed by atoms with van der Waals surface area (Å²) in [6, 6.07) is 40.9. The second-order valence-corrected chi connectivity index (χ2v) is 13.9. The Morgan fingerprint density at radius 1 is 0.778 bits per heavy atom. The molecule has 0 bridgehead atoms. The van der Waals surface area contributed by atoms with Crippen LogP contribution in [-0.2, 0) is 23.1 Å². The molecule has 0 aromatic heterocycles. The third-order valence-corrected chi connectivity index (χ3v) is 10.8. The second-order valence-electron chi connectivity index (χ2n) is 13.9. The normalized spacial score (nSPS) is 14.0. The van der Waals surface area contributed by atoms with Crippen LogP contribution in [0.5, 0.6) is 17.2 Å². The van der Waals surface area contributed by atoms with Gasteiger partial charge in [0.1, 0.15) is 11.6 Å². The molecule has 5 aromatic rings. The van der Waals surface area contributed by atoms with Gasteiger partial charge in [0.15, 0.2) is 11.5 Å². The van der Waals surface area contributed by atoms with Crippen molar-refractivity contribution in [1.29, 1.82) is 0 Å². The lowest BCUT2D eigenvalue weighted by molar-refractivity contribution is -0.121. The lowest BCUT2D eigenvalue weighted by Gasteiger charge is -2.40. The maximum absolute atomic E-state index is 13.3. The van der Waals surface area contributed by atoms with Crippen LogP contribution in [0, 0.1) is 5.82 Å². The average molecular weight is 751 g/mol. The smallest absolute Gasteiger partial charge is 0.220 e. The van der Waals surface area contributed by atoms with Crippen LogP contribution in [0.15, 0.2) is 121 Å². The molecule has 6 nitrogen and oxygen atoms in total. The number of ether oxygens (including phenoxy) is 3. The van der Waals surface area contributed by atoms with Crippen molar-refractivity contribution >= 4 is 18.3 Å². The van der Waals surface area contributed by atoms with Crippen LogP contribution in [0.4, 0.5) is 4.39 Å². The van der Waals surface area contributed by atoms with E-state index in [1.54, 1.807) is 33.5 Å². The maximum atomic E-state index is 13.3. The first-order valence-electron chi connectivity index (χ1n) is 18.7. The first kappa shape index (κ1) is 40.3. The SMILES string of the molecule is COc1ccc(C2c3cc(OC)c(OC)cc3CCN2CCCC(CCCNC(=O)CCc2ccc(F)cc2)(c2ccccc2)c2ccccc2)cc1.Cl. The van der Waals surface area contributed by atoms with E-state index in [9.17, 15) is 9.18 Å². The number of rotatable bonds is 17. The number of hydrogen-bond acceptors (Lipinski definition) is 5. The van der Waals surface area contributed by atoms with E-state index in [1.165, 1.54) is 39.9 Å². The van der Waals surface area contributed by atoms with Gasteiger partial charge >= 0.3 is 0 Å². The van der Waals surface area contributed by atoms with Gasteiger partial charge in [-0.05, 0) is 115 Å². The molecule has 6 rings (SSSR count). The Balaban J connectivity index is 0.00000561. The molecule has 0 saturated heterocycles. The summed E-state index contributed by atoms with van der Waals surface area (Å²) in [7, 11) is 5.08. The standard InChI is InChI=1S/C46H51FN2O4.ClH/c1-51-40-23-19-35(20-24-40)45-41-33-43(53-3)42(52-2)32-36(41)26-31-49(45)30-11-28-46(37-12-6-4-7-13-37,38-14-8-5-9-15-38)27-10-29-48-44(50)25-18-34-16-21-39(47)22-17-34;/h4-9,12-17,19-24,32-33,45H,10-11,18,25-31H2,1-3H3,(H,48,50);1H. The van der Waals surface area contributed by atoms with Gasteiger partial charge in [-0.3, -0.25) is 9.69 Å². The number of methoxy groups -OCH3 is 3. The number of carbonyl (C=O) groups excluding carboxylic acids is 1. The van der Waals surface area contributed by atoms with Crippen molar-refractivity contribution in [3.63, 3.8) is 0 Å². The summed E-state index contributed by atoms with van der Waals surface area (Å²) in [4.78, 5) is 15.4. The fraction of sp³-hybridized carbons (Fsp3) is 0.326. The maximum Gasteiger partial charge on any atom is 0.220 e. The summed E-state index contributed by atoms with van der Waals surface area (Å²) in [5, 5.41) is 3.16. The number of nitrogens with zero attached hydrogens (tertiary/aromatic N) is 1. The van der Waals surface area contributed by atoms with Crippen molar-refractivity contribution in [1.82, 2.24) is 10.2 Å². The molecule has 0 fully saturated rings. The van der Waals surface area contributed by atoms with Crippen LogP contribution < -0.4 is 19.5 Å². The zero-order chi connectivity index (χ0) is 37.0. The Hall–Kier alpha value is -4.85. The zero-order valence-electron chi connectivity index (χ0n) is 31.6. The number of hydrogen-bond donors (Lipinski definition) is 1. The molecule has 0 spiro atoms. The topological polar surface area (TPSA) is 60.0 Å². The first-order valence-corrected chi connectivity index (χ1v) is 18.7. The molecule has 1 unspecified atom stereocenters. The quantitative estimate of drug-likeness (QED) is 0.0960. The molecule has 0 saturated carbocycles. The Labute approximate surface area is 326 Å². The van der Waals surface area contributed by atoms with Gasteiger partial charge < -0.3 is 19.5 Å². The molecular weight excluding hydrogens is 699 g/mol. The van der Waals surface area contributed by atoms with E-state index >= 15 is 0 Å². The number of carbonyl (C=O) groups is 1. The average Bonchev–Trinajstić information content (AvgIpc) is 3.21. The van der Waals surface area contributed by atoms with Crippen LogP contribution in [0.2, 0.25) is 0 Å². The second kappa shape index (κ2) is 19.5. The summed E-state index contributed by atoms with van der Waals surface area (Å²) in [5.41, 5.74) is 7.04. The van der Waals surface area contributed by atoms with Crippen LogP contribution in [0.1, 0.15) is 71.5 Å². The van der Waals surface area contributed by atoms with E-state index < -0.39 is 0 Å². The molecule has 0 aliphatic carbocycles. The van der Waals surface area contributed by atoms with Crippen LogP contribution in [0.3, 0.4) is 0 Å². The van der Waals surface area contributed by atoms with E-state index in [0.29, 0.717) is 19.4 Å². The van der Waals surface area contributed by atoms with Gasteiger partial charge in [0.05, 0.1) is 27.4 Å². The van der Waals surface area contributed by atoms with E-state index in [-0.39, 0.29) is 35.6 Å². The van der Waals surface area contributed by atoms with Gasteiger partial charge in [0.2, 0.25) is 5.91 Å². The van der Waals surface area contributed by atoms with Crippen molar-refractivity contribution in [3.05, 3.63) is 161 Å². The number of aryl methyl sites for hydroxylation is 1. The monoisotopic (exact) mass is 750 g/mol. The van der Waals surface area contributed by atoms with Gasteiger partial charge in [-0.2, -0.15) is 0 Å². The summed E-state index contributed by atoms with van der Waals surface area (Å²) in [6.45, 7) is 2.43. The summed E-state index contributed by atoms with van der Waals surface area (Å²) in [6.07, 6.45) is 5.53. The summed E-state index contributed by atoms with van der Waals surface area (Å²) < 4.78 is 30.3. The molecule has 8 heteroatoms. The third-order valence-electron chi connectivity index (χ3n) is 10.8. The summed E-state index contributed by atoms with van der Waals surface area (Å²) >= 11 is 0. The van der Waals surface area contributed by atoms with Gasteiger partial charge in [-0.25, -0.2) is 4.39 Å². The Kier molecular flexibility index (Phi) is 14.5. The fourth-order valence-corrected chi connectivity index (χ4v) is 8.00. The summed E-state index contributed by atoms with van der Waals surface area (Å²) in [5.74, 6) is 2.08. The molecule has 1 aliphatic heterocycles. The highest BCUT2D eigenvalue weighted by Gasteiger charge is 2.35. The predicted octanol–water partition coefficient (Wildman–Crippen LogP) is 9.52. The minimum atomic E-state index is -0.265. The predicted molar refractivity (Wildman–Crippen MR) is 217 cm³/mol. The molecule has 1 heterocycles. The zero-order valence-corrected chi connectivity index (χ0v) is 32.4. The highest BCUT2D eigenvalue weighted by atomic mass is 35.5. The van der Waals surface area contributed by atoms with E-state index in [1.807, 2.05) is 12.1 Å². The number of fused-ring (bicyclic) bond motifs is 1. The highest BCUT2D eigenvalue weighted by Crippen LogP contribution is 2.44. The molecule has 1 N–H and O–H groups in total. The number of halogens is 2. The molecule has 54 heavy (non-hydrogen) atoms. The fourth-order valence-electron chi connectivity index (χ4n) is 8.00. The van der Waals surface area contributed by atoms with Crippen molar-refractivity contribution in [2.45, 2.75) is 56.4 Å². The van der Waals surface area contributed by atoms with Crippen molar-refractivity contribution in [2.24, 2.45) is 0 Å². The number of benzene rings is 5. The minimum Gasteiger partial charge on any atom is -0.497 e. The van der Waals surface area contributed by atoms with Crippen molar-refractivity contribution < 1.29 is 23.4 Å². The minimum absolute atomic E-state index is 0. The van der Waals surface area contributed by atoms with E-state index in [4.69, 9.17) is 14.2 Å². The lowest BCUT2D eigenvalue weighted by Crippen LogP contribution is -2.38. The number of amides is 1. The van der Waals surface area contributed by atoms with Gasteiger partial charge in [-0.15, -0.1) is 12.4 Å². The molecule has 1 atom stereocenters. The molecule has 0 radical (unpaired) electrons. The van der Waals surface area contributed by atoms with Crippen LogP contribution in [0.25, 0.3) is 0 Å². The Morgan fingerprint density at radius 2 is 1.39 bits per heavy atom. The van der Waals surface area contributed by atoms with Crippen LogP contribution >= 0.6 is 12.4 Å². The molecule has 1 amide bonds. The molecule has 284 valence electrons. The van der Waals surface area contributed by atoms with Gasteiger partial charge in [-0.1, -0.05) is 84.9 Å². The first-order chi connectivity index (χ1) is 25.9. The Bertz CT molecular complexity index is 1870. The van der Waals surface area contributed by atoms with E-state index in [0.717, 1.165) is 68.0 Å². The third kappa shape index (κ3) is 9.62. The molecular formula is C46H52ClFN2O4. The lowest BCUT2D eigenvalue weighted by atomic mass is 9.68. The highest BCUT2D eigenvalue weighted by molar-refractivity contribution is 5.85. The Morgan fingerprint density at radius 3 is 2.00 bits per heavy atom. The van der Waals surface area contributed by atoms with Crippen molar-refractivity contribution in [2.75, 3.05) is 41.0 Å². The van der Waals surface area contributed by atoms with Gasteiger partial charge in [0, 0.05) is 24.9 Å². The van der Waals surface area contributed by atoms with E-state index in [2.05, 4.69) is 95.1 Å². The largest absolute Gasteiger partial charge is 0.497 e. The van der Waals surface area contributed by atoms with Crippen LogP contribution in [-0.4, -0.2) is 51.8 Å². The van der Waals surface area contributed by atoms with Gasteiger partial charge in [0.25, 0.3) is 0 Å². The number of nitrogens with one attached hydrogen (secondary N) is 1. The van der Waals surface area contributed by atoms with Crippen molar-refractivity contribution in [3.8, 4) is 17.2 Å².